The first-order valence-electron chi connectivity index (χ1n) is 10.1. The van der Waals surface area contributed by atoms with Crippen LogP contribution in [-0.2, 0) is 14.3 Å². The van der Waals surface area contributed by atoms with Gasteiger partial charge in [0.25, 0.3) is 0 Å². The molecule has 3 nitrogen and oxygen atoms in total. The van der Waals surface area contributed by atoms with Gasteiger partial charge >= 0.3 is 5.97 Å². The van der Waals surface area contributed by atoms with Crippen molar-refractivity contribution in [1.82, 2.24) is 0 Å². The molecular formula is C23H30O3. The maximum absolute atomic E-state index is 12.1. The van der Waals surface area contributed by atoms with E-state index in [-0.39, 0.29) is 28.7 Å². The number of hydrogen-bond acceptors (Lipinski definition) is 3. The first kappa shape index (κ1) is 17.8. The lowest BCUT2D eigenvalue weighted by Crippen LogP contribution is -2.47. The minimum atomic E-state index is -0.166. The van der Waals surface area contributed by atoms with Gasteiger partial charge < -0.3 is 4.74 Å². The molecule has 0 saturated heterocycles. The molecule has 0 aromatic heterocycles. The zero-order valence-electron chi connectivity index (χ0n) is 16.4. The Morgan fingerprint density at radius 1 is 1.12 bits per heavy atom. The van der Waals surface area contributed by atoms with Crippen LogP contribution in [0.25, 0.3) is 0 Å². The average Bonchev–Trinajstić information content (AvgIpc) is 2.92. The summed E-state index contributed by atoms with van der Waals surface area (Å²) in [7, 11) is 0. The van der Waals surface area contributed by atoms with Crippen molar-refractivity contribution < 1.29 is 14.3 Å². The standard InChI is InChI=1S/C23H30O3/c1-14(24)19-7-8-20-18-6-5-16-13-17(26-15(2)25)9-11-22(16,3)21(18)10-12-23(19,20)4/h5,7-8,17-18,21H,6,9-13H2,1-4H3/t17-,18-,21-,22-,23+/m1/s1. The molecular weight excluding hydrogens is 324 g/mol. The van der Waals surface area contributed by atoms with E-state index < -0.39 is 0 Å². The summed E-state index contributed by atoms with van der Waals surface area (Å²) in [4.78, 5) is 23.5. The summed E-state index contributed by atoms with van der Waals surface area (Å²) in [5.74, 6) is 1.23. The van der Waals surface area contributed by atoms with E-state index in [2.05, 4.69) is 32.1 Å². The van der Waals surface area contributed by atoms with Gasteiger partial charge in [0.05, 0.1) is 0 Å². The Hall–Kier alpha value is -1.64. The monoisotopic (exact) mass is 354 g/mol. The minimum absolute atomic E-state index is 0.0499. The molecule has 0 heterocycles. The number of esters is 1. The Balaban J connectivity index is 1.61. The van der Waals surface area contributed by atoms with Gasteiger partial charge in [-0.05, 0) is 56.3 Å². The number of carbonyl (C=O) groups excluding carboxylic acids is 2. The summed E-state index contributed by atoms with van der Waals surface area (Å²) < 4.78 is 5.51. The second-order valence-corrected chi connectivity index (χ2v) is 9.20. The quantitative estimate of drug-likeness (QED) is 0.522. The molecule has 4 aliphatic carbocycles. The summed E-state index contributed by atoms with van der Waals surface area (Å²) in [6.07, 6.45) is 13.1. The van der Waals surface area contributed by atoms with E-state index in [4.69, 9.17) is 4.74 Å². The third-order valence-electron chi connectivity index (χ3n) is 7.82. The molecule has 26 heavy (non-hydrogen) atoms. The van der Waals surface area contributed by atoms with Crippen molar-refractivity contribution in [1.29, 1.82) is 0 Å². The second-order valence-electron chi connectivity index (χ2n) is 9.20. The predicted molar refractivity (Wildman–Crippen MR) is 101 cm³/mol. The number of ether oxygens (including phenoxy) is 1. The largest absolute Gasteiger partial charge is 0.462 e. The van der Waals surface area contributed by atoms with Crippen LogP contribution in [-0.4, -0.2) is 17.9 Å². The Kier molecular flexibility index (Phi) is 4.05. The van der Waals surface area contributed by atoms with Crippen LogP contribution in [0.1, 0.15) is 66.2 Å². The summed E-state index contributed by atoms with van der Waals surface area (Å²) in [5.41, 5.74) is 4.14. The summed E-state index contributed by atoms with van der Waals surface area (Å²) in [5, 5.41) is 0. The fourth-order valence-corrected chi connectivity index (χ4v) is 6.48. The van der Waals surface area contributed by atoms with Gasteiger partial charge in [-0.1, -0.05) is 43.2 Å². The van der Waals surface area contributed by atoms with Crippen LogP contribution in [0.4, 0.5) is 0 Å². The van der Waals surface area contributed by atoms with Gasteiger partial charge in [0.1, 0.15) is 6.10 Å². The van der Waals surface area contributed by atoms with Crippen LogP contribution >= 0.6 is 0 Å². The Morgan fingerprint density at radius 3 is 2.58 bits per heavy atom. The molecule has 0 aromatic carbocycles. The lowest BCUT2D eigenvalue weighted by atomic mass is 9.49. The first-order chi connectivity index (χ1) is 12.3. The molecule has 3 heteroatoms. The molecule has 2 fully saturated rings. The number of fused-ring (bicyclic) bond motifs is 5. The molecule has 0 N–H and O–H groups in total. The molecule has 0 aromatic rings. The zero-order valence-corrected chi connectivity index (χ0v) is 16.4. The van der Waals surface area contributed by atoms with Crippen LogP contribution in [0.5, 0.6) is 0 Å². The molecule has 0 spiro atoms. The van der Waals surface area contributed by atoms with Gasteiger partial charge in [-0.3, -0.25) is 9.59 Å². The third kappa shape index (κ3) is 2.46. The highest BCUT2D eigenvalue weighted by Gasteiger charge is 2.54. The summed E-state index contributed by atoms with van der Waals surface area (Å²) in [6, 6.07) is 0. The normalized spacial score (nSPS) is 41.1. The molecule has 5 atom stereocenters. The minimum Gasteiger partial charge on any atom is -0.462 e. The number of Topliss-reactive ketones (excluding diaryl/α,β-unsaturated/α-hetero) is 1. The molecule has 0 amide bonds. The van der Waals surface area contributed by atoms with Crippen molar-refractivity contribution >= 4 is 11.8 Å². The lowest BCUT2D eigenvalue weighted by molar-refractivity contribution is -0.148. The maximum Gasteiger partial charge on any atom is 0.302 e. The SMILES string of the molecule is CC(=O)O[C@@H]1CC[C@]2(C)C(=CC[C@@H]3C4=CC=C(C(C)=O)[C@]4(C)CC[C@H]32)C1. The van der Waals surface area contributed by atoms with Crippen molar-refractivity contribution in [3.63, 3.8) is 0 Å². The van der Waals surface area contributed by atoms with Crippen molar-refractivity contribution in [3.8, 4) is 0 Å². The van der Waals surface area contributed by atoms with Gasteiger partial charge in [-0.15, -0.1) is 0 Å². The second kappa shape index (κ2) is 5.94. The van der Waals surface area contributed by atoms with E-state index in [9.17, 15) is 9.59 Å². The molecule has 140 valence electrons. The van der Waals surface area contributed by atoms with Crippen LogP contribution in [0.15, 0.2) is 34.9 Å². The van der Waals surface area contributed by atoms with Crippen molar-refractivity contribution in [2.24, 2.45) is 22.7 Å². The maximum atomic E-state index is 12.1. The fourth-order valence-electron chi connectivity index (χ4n) is 6.48. The molecule has 0 bridgehead atoms. The third-order valence-corrected chi connectivity index (χ3v) is 7.82. The van der Waals surface area contributed by atoms with Gasteiger partial charge in [-0.2, -0.15) is 0 Å². The van der Waals surface area contributed by atoms with Crippen molar-refractivity contribution in [2.75, 3.05) is 0 Å². The van der Waals surface area contributed by atoms with E-state index in [1.807, 2.05) is 0 Å². The van der Waals surface area contributed by atoms with Crippen LogP contribution in [0, 0.1) is 22.7 Å². The van der Waals surface area contributed by atoms with Gasteiger partial charge in [0, 0.05) is 24.3 Å². The van der Waals surface area contributed by atoms with Crippen LogP contribution in [0.2, 0.25) is 0 Å². The predicted octanol–water partition coefficient (Wildman–Crippen LogP) is 4.93. The van der Waals surface area contributed by atoms with E-state index in [1.165, 1.54) is 24.5 Å². The smallest absolute Gasteiger partial charge is 0.302 e. The molecule has 4 rings (SSSR count). The molecule has 0 aliphatic heterocycles. The van der Waals surface area contributed by atoms with E-state index in [1.54, 1.807) is 6.92 Å². The molecule has 2 saturated carbocycles. The number of ketones is 1. The zero-order chi connectivity index (χ0) is 18.7. The number of carbonyl (C=O) groups is 2. The fraction of sp³-hybridized carbons (Fsp3) is 0.652. The van der Waals surface area contributed by atoms with Gasteiger partial charge in [-0.25, -0.2) is 0 Å². The highest BCUT2D eigenvalue weighted by atomic mass is 16.5. The topological polar surface area (TPSA) is 43.4 Å². The number of hydrogen-bond donors (Lipinski definition) is 0. The summed E-state index contributed by atoms with van der Waals surface area (Å²) in [6.45, 7) is 7.91. The van der Waals surface area contributed by atoms with E-state index in [0.717, 1.165) is 37.7 Å². The number of rotatable bonds is 2. The van der Waals surface area contributed by atoms with Crippen LogP contribution < -0.4 is 0 Å². The average molecular weight is 354 g/mol. The Labute approximate surface area is 156 Å². The molecule has 0 radical (unpaired) electrons. The molecule has 4 aliphatic rings. The highest BCUT2D eigenvalue weighted by Crippen LogP contribution is 2.63. The van der Waals surface area contributed by atoms with Gasteiger partial charge in [0.15, 0.2) is 5.78 Å². The van der Waals surface area contributed by atoms with Crippen LogP contribution in [0.3, 0.4) is 0 Å². The van der Waals surface area contributed by atoms with Gasteiger partial charge in [0.2, 0.25) is 0 Å². The number of allylic oxidation sites excluding steroid dienone is 5. The first-order valence-corrected chi connectivity index (χ1v) is 10.1. The lowest BCUT2D eigenvalue weighted by Gasteiger charge is -2.56. The highest BCUT2D eigenvalue weighted by molar-refractivity contribution is 5.96. The Bertz CT molecular complexity index is 755. The Morgan fingerprint density at radius 2 is 1.88 bits per heavy atom. The van der Waals surface area contributed by atoms with Crippen molar-refractivity contribution in [2.45, 2.75) is 72.3 Å². The van der Waals surface area contributed by atoms with Crippen molar-refractivity contribution in [3.05, 3.63) is 34.9 Å². The molecule has 0 unspecified atom stereocenters. The van der Waals surface area contributed by atoms with E-state index >= 15 is 0 Å². The summed E-state index contributed by atoms with van der Waals surface area (Å²) >= 11 is 0. The van der Waals surface area contributed by atoms with E-state index in [0.29, 0.717) is 11.8 Å².